The molecule has 1 aromatic carbocycles. The van der Waals surface area contributed by atoms with E-state index in [9.17, 15) is 23.7 Å². The van der Waals surface area contributed by atoms with Gasteiger partial charge in [-0.3, -0.25) is 9.69 Å². The van der Waals surface area contributed by atoms with Gasteiger partial charge in [-0.25, -0.2) is 14.0 Å². The molecular formula is C17H19FN2O6. The lowest BCUT2D eigenvalue weighted by Crippen LogP contribution is -2.30. The van der Waals surface area contributed by atoms with Crippen LogP contribution >= 0.6 is 0 Å². The van der Waals surface area contributed by atoms with Crippen molar-refractivity contribution in [2.45, 2.75) is 26.4 Å². The van der Waals surface area contributed by atoms with E-state index < -0.39 is 30.1 Å². The maximum Gasteiger partial charge on any atom is 0.414 e. The van der Waals surface area contributed by atoms with Gasteiger partial charge in [0.25, 0.3) is 0 Å². The third kappa shape index (κ3) is 5.47. The van der Waals surface area contributed by atoms with Crippen molar-refractivity contribution in [3.63, 3.8) is 0 Å². The Morgan fingerprint density at radius 1 is 1.35 bits per heavy atom. The smallest absolute Gasteiger partial charge is 0.414 e. The summed E-state index contributed by atoms with van der Waals surface area (Å²) in [7, 11) is 1.19. The molecule has 0 heterocycles. The zero-order chi connectivity index (χ0) is 20.1. The monoisotopic (exact) mass is 366 g/mol. The van der Waals surface area contributed by atoms with Gasteiger partial charge >= 0.3 is 12.1 Å². The third-order valence-electron chi connectivity index (χ3n) is 3.01. The first-order chi connectivity index (χ1) is 12.0. The number of nitrogens with zero attached hydrogens (tertiary/aromatic N) is 2. The van der Waals surface area contributed by atoms with Crippen LogP contribution in [0.2, 0.25) is 0 Å². The van der Waals surface area contributed by atoms with Crippen molar-refractivity contribution in [1.29, 1.82) is 0 Å². The van der Waals surface area contributed by atoms with E-state index in [0.29, 0.717) is 6.29 Å². The molecule has 0 fully saturated rings. The van der Waals surface area contributed by atoms with Crippen LogP contribution in [0.4, 0.5) is 20.6 Å². The molecule has 0 N–H and O–H groups in total. The van der Waals surface area contributed by atoms with Crippen LogP contribution in [-0.4, -0.2) is 37.6 Å². The Labute approximate surface area is 149 Å². The van der Waals surface area contributed by atoms with Gasteiger partial charge in [0.05, 0.1) is 11.3 Å². The second-order valence-electron chi connectivity index (χ2n) is 6.29. The van der Waals surface area contributed by atoms with Gasteiger partial charge in [-0.05, 0) is 32.0 Å². The summed E-state index contributed by atoms with van der Waals surface area (Å²) in [6.45, 7) is 8.02. The van der Waals surface area contributed by atoms with Gasteiger partial charge in [-0.2, -0.15) is 0 Å². The van der Waals surface area contributed by atoms with E-state index in [1.807, 2.05) is 0 Å². The number of benzene rings is 1. The zero-order valence-electron chi connectivity index (χ0n) is 14.9. The Bertz CT molecular complexity index is 754. The molecule has 1 amide bonds. The molecule has 0 aliphatic heterocycles. The fourth-order valence-corrected chi connectivity index (χ4v) is 1.75. The van der Waals surface area contributed by atoms with Crippen molar-refractivity contribution in [3.8, 4) is 0 Å². The molecule has 0 aliphatic rings. The standard InChI is InChI=1S/C17H19FN2O6/c1-10(15(22)26-17(2,3)4)9-25-16(23)20(5)14-6-11(8-21)13(19-24)7-12(14)18/h6-8H,1,9H2,2-5H3. The van der Waals surface area contributed by atoms with Gasteiger partial charge < -0.3 is 9.47 Å². The van der Waals surface area contributed by atoms with Crippen LogP contribution in [-0.2, 0) is 14.3 Å². The molecule has 9 heteroatoms. The highest BCUT2D eigenvalue weighted by Crippen LogP contribution is 2.27. The Morgan fingerprint density at radius 3 is 2.46 bits per heavy atom. The first-order valence-electron chi connectivity index (χ1n) is 7.44. The third-order valence-corrected chi connectivity index (χ3v) is 3.01. The quantitative estimate of drug-likeness (QED) is 0.330. The minimum absolute atomic E-state index is 0.101. The number of amides is 1. The van der Waals surface area contributed by atoms with E-state index in [-0.39, 0.29) is 22.5 Å². The van der Waals surface area contributed by atoms with Crippen LogP contribution in [0, 0.1) is 10.7 Å². The molecule has 140 valence electrons. The van der Waals surface area contributed by atoms with Gasteiger partial charge in [-0.15, -0.1) is 4.91 Å². The molecule has 0 unspecified atom stereocenters. The second kappa shape index (κ2) is 8.32. The molecule has 1 aromatic rings. The van der Waals surface area contributed by atoms with Gasteiger partial charge in [0, 0.05) is 18.7 Å². The Hall–Kier alpha value is -3.10. The number of carbonyl (C=O) groups excluding carboxylic acids is 3. The predicted molar refractivity (Wildman–Crippen MR) is 92.0 cm³/mol. The van der Waals surface area contributed by atoms with Crippen LogP contribution in [0.1, 0.15) is 31.1 Å². The number of hydrogen-bond donors (Lipinski definition) is 0. The second-order valence-corrected chi connectivity index (χ2v) is 6.29. The lowest BCUT2D eigenvalue weighted by Gasteiger charge is -2.21. The van der Waals surface area contributed by atoms with E-state index in [1.165, 1.54) is 7.05 Å². The highest BCUT2D eigenvalue weighted by atomic mass is 19.1. The Kier molecular flexibility index (Phi) is 6.71. The minimum atomic E-state index is -1.00. The maximum atomic E-state index is 14.0. The first kappa shape index (κ1) is 20.9. The van der Waals surface area contributed by atoms with E-state index in [2.05, 4.69) is 11.8 Å². The van der Waals surface area contributed by atoms with Crippen molar-refractivity contribution in [1.82, 2.24) is 0 Å². The number of esters is 1. The van der Waals surface area contributed by atoms with Gasteiger partial charge in [0.1, 0.15) is 23.7 Å². The van der Waals surface area contributed by atoms with E-state index in [0.717, 1.165) is 17.0 Å². The molecule has 0 saturated heterocycles. The van der Waals surface area contributed by atoms with Crippen molar-refractivity contribution >= 4 is 29.7 Å². The molecule has 8 nitrogen and oxygen atoms in total. The summed E-state index contributed by atoms with van der Waals surface area (Å²) in [6.07, 6.45) is -0.694. The Balaban J connectivity index is 2.83. The van der Waals surface area contributed by atoms with Crippen molar-refractivity contribution in [2.75, 3.05) is 18.6 Å². The average Bonchev–Trinajstić information content (AvgIpc) is 2.56. The van der Waals surface area contributed by atoms with Crippen LogP contribution in [0.15, 0.2) is 29.5 Å². The number of anilines is 1. The molecule has 0 radical (unpaired) electrons. The molecular weight excluding hydrogens is 347 g/mol. The SMILES string of the molecule is C=C(COC(=O)N(C)c1cc(C=O)c(N=O)cc1F)C(=O)OC(C)(C)C. The summed E-state index contributed by atoms with van der Waals surface area (Å²) in [6, 6.07) is 1.72. The summed E-state index contributed by atoms with van der Waals surface area (Å²) in [5, 5.41) is 2.54. The summed E-state index contributed by atoms with van der Waals surface area (Å²) >= 11 is 0. The number of rotatable bonds is 6. The molecule has 0 atom stereocenters. The van der Waals surface area contributed by atoms with Gasteiger partial charge in [0.2, 0.25) is 0 Å². The largest absolute Gasteiger partial charge is 0.457 e. The molecule has 0 aromatic heterocycles. The number of carbonyl (C=O) groups is 3. The minimum Gasteiger partial charge on any atom is -0.457 e. The van der Waals surface area contributed by atoms with Crippen LogP contribution in [0.5, 0.6) is 0 Å². The van der Waals surface area contributed by atoms with Gasteiger partial charge in [-0.1, -0.05) is 6.58 Å². The van der Waals surface area contributed by atoms with Gasteiger partial charge in [0.15, 0.2) is 6.29 Å². The van der Waals surface area contributed by atoms with E-state index in [1.54, 1.807) is 20.8 Å². The highest BCUT2D eigenvalue weighted by molar-refractivity contribution is 5.92. The van der Waals surface area contributed by atoms with Crippen molar-refractivity contribution in [2.24, 2.45) is 5.18 Å². The van der Waals surface area contributed by atoms with Crippen molar-refractivity contribution in [3.05, 3.63) is 40.6 Å². The molecule has 0 spiro atoms. The summed E-state index contributed by atoms with van der Waals surface area (Å²) in [5.74, 6) is -1.68. The normalized spacial score (nSPS) is 10.7. The molecule has 26 heavy (non-hydrogen) atoms. The zero-order valence-corrected chi connectivity index (χ0v) is 14.9. The van der Waals surface area contributed by atoms with E-state index >= 15 is 0 Å². The Morgan fingerprint density at radius 2 is 1.96 bits per heavy atom. The molecule has 0 bridgehead atoms. The van der Waals surface area contributed by atoms with Crippen LogP contribution < -0.4 is 4.90 Å². The first-order valence-corrected chi connectivity index (χ1v) is 7.44. The van der Waals surface area contributed by atoms with E-state index in [4.69, 9.17) is 9.47 Å². The summed E-state index contributed by atoms with van der Waals surface area (Å²) < 4.78 is 24.0. The fourth-order valence-electron chi connectivity index (χ4n) is 1.75. The molecule has 1 rings (SSSR count). The highest BCUT2D eigenvalue weighted by Gasteiger charge is 2.22. The molecule has 0 saturated carbocycles. The lowest BCUT2D eigenvalue weighted by atomic mass is 10.1. The maximum absolute atomic E-state index is 14.0. The summed E-state index contributed by atoms with van der Waals surface area (Å²) in [4.78, 5) is 46.0. The van der Waals surface area contributed by atoms with Crippen molar-refractivity contribution < 1.29 is 28.2 Å². The average molecular weight is 366 g/mol. The lowest BCUT2D eigenvalue weighted by molar-refractivity contribution is -0.150. The number of ether oxygens (including phenoxy) is 2. The topological polar surface area (TPSA) is 102 Å². The number of hydrogen-bond acceptors (Lipinski definition) is 7. The number of nitroso groups, excluding NO2 is 1. The predicted octanol–water partition coefficient (Wildman–Crippen LogP) is 3.51. The van der Waals surface area contributed by atoms with Crippen LogP contribution in [0.25, 0.3) is 0 Å². The fraction of sp³-hybridized carbons (Fsp3) is 0.353. The summed E-state index contributed by atoms with van der Waals surface area (Å²) in [5.41, 5.74) is -1.71. The number of halogens is 1. The van der Waals surface area contributed by atoms with Crippen LogP contribution in [0.3, 0.4) is 0 Å². The number of aldehydes is 1. The molecule has 0 aliphatic carbocycles.